The minimum atomic E-state index is -0.861. The summed E-state index contributed by atoms with van der Waals surface area (Å²) in [6.07, 6.45) is 7.10. The first-order valence-corrected chi connectivity index (χ1v) is 13.7. The van der Waals surface area contributed by atoms with Gasteiger partial charge in [0.1, 0.15) is 23.7 Å². The van der Waals surface area contributed by atoms with Crippen molar-refractivity contribution in [2.24, 2.45) is 0 Å². The van der Waals surface area contributed by atoms with Crippen LogP contribution in [0.2, 0.25) is 0 Å². The van der Waals surface area contributed by atoms with Crippen LogP contribution < -0.4 is 15.4 Å². The molecule has 8 nitrogen and oxygen atoms in total. The van der Waals surface area contributed by atoms with Crippen molar-refractivity contribution in [2.75, 3.05) is 13.7 Å². The number of benzene rings is 2. The zero-order chi connectivity index (χ0) is 28.3. The van der Waals surface area contributed by atoms with Crippen molar-refractivity contribution >= 4 is 17.8 Å². The first kappa shape index (κ1) is 29.9. The maximum atomic E-state index is 12.2. The molecule has 1 amide bonds. The number of nitrogens with one attached hydrogen (secondary N) is 2. The fourth-order valence-electron chi connectivity index (χ4n) is 4.13. The Morgan fingerprint density at radius 2 is 1.69 bits per heavy atom. The van der Waals surface area contributed by atoms with E-state index in [0.29, 0.717) is 0 Å². The van der Waals surface area contributed by atoms with E-state index in [9.17, 15) is 9.59 Å². The lowest BCUT2D eigenvalue weighted by Crippen LogP contribution is -2.45. The highest BCUT2D eigenvalue weighted by Crippen LogP contribution is 2.28. The second kappa shape index (κ2) is 14.5. The number of ether oxygens (including phenoxy) is 4. The highest BCUT2D eigenvalue weighted by molar-refractivity contribution is 5.81. The molecule has 0 saturated heterocycles. The van der Waals surface area contributed by atoms with Gasteiger partial charge in [0.25, 0.3) is 0 Å². The van der Waals surface area contributed by atoms with Crippen LogP contribution in [-0.4, -0.2) is 37.4 Å². The fourth-order valence-corrected chi connectivity index (χ4v) is 4.13. The molecule has 3 rings (SSSR count). The number of esters is 1. The molecule has 0 bridgehead atoms. The van der Waals surface area contributed by atoms with Crippen molar-refractivity contribution in [1.29, 1.82) is 0 Å². The summed E-state index contributed by atoms with van der Waals surface area (Å²) in [7, 11) is 1.29. The summed E-state index contributed by atoms with van der Waals surface area (Å²) >= 11 is 0. The maximum Gasteiger partial charge on any atom is 0.408 e. The number of carbonyl (C=O) groups excluding carboxylic acids is 2. The Kier molecular flexibility index (Phi) is 11.1. The molecule has 2 unspecified atom stereocenters. The Labute approximate surface area is 232 Å². The van der Waals surface area contributed by atoms with Gasteiger partial charge < -0.3 is 29.6 Å². The number of unbranched alkanes of at least 4 members (excludes halogenated alkanes) is 4. The topological polar surface area (TPSA) is 95.1 Å². The van der Waals surface area contributed by atoms with Crippen molar-refractivity contribution < 1.29 is 28.5 Å². The molecule has 0 saturated carbocycles. The molecule has 2 N–H and O–H groups in total. The van der Waals surface area contributed by atoms with E-state index in [4.69, 9.17) is 18.9 Å². The molecule has 212 valence electrons. The van der Waals surface area contributed by atoms with Gasteiger partial charge in [-0.15, -0.1) is 0 Å². The van der Waals surface area contributed by atoms with Gasteiger partial charge in [0.2, 0.25) is 0 Å². The van der Waals surface area contributed by atoms with Gasteiger partial charge in [0, 0.05) is 17.5 Å². The van der Waals surface area contributed by atoms with Crippen LogP contribution in [0.4, 0.5) is 4.79 Å². The van der Waals surface area contributed by atoms with E-state index >= 15 is 0 Å². The molecule has 0 aromatic heterocycles. The maximum absolute atomic E-state index is 12.2. The molecule has 1 heterocycles. The third kappa shape index (κ3) is 9.85. The van der Waals surface area contributed by atoms with E-state index in [0.717, 1.165) is 41.2 Å². The molecule has 1 aliphatic heterocycles. The van der Waals surface area contributed by atoms with Gasteiger partial charge in [0.05, 0.1) is 19.4 Å². The van der Waals surface area contributed by atoms with Crippen molar-refractivity contribution in [3.8, 4) is 5.75 Å². The highest BCUT2D eigenvalue weighted by Gasteiger charge is 2.26. The van der Waals surface area contributed by atoms with Crippen LogP contribution in [0.15, 0.2) is 54.8 Å². The van der Waals surface area contributed by atoms with E-state index in [1.54, 1.807) is 27.0 Å². The lowest BCUT2D eigenvalue weighted by Gasteiger charge is -2.22. The zero-order valence-electron chi connectivity index (χ0n) is 23.8. The summed E-state index contributed by atoms with van der Waals surface area (Å²) in [5.74, 6) is 0.326. The average Bonchev–Trinajstić information content (AvgIpc) is 3.40. The van der Waals surface area contributed by atoms with Crippen LogP contribution in [0.25, 0.3) is 5.70 Å². The Morgan fingerprint density at radius 1 is 1.00 bits per heavy atom. The molecule has 8 heteroatoms. The SMILES string of the molecule is CCCCCCCOc1ccc(C2NC(c3ccc(CC(NC(=O)OC(C)(C)C)C(=O)OC)cc3)=CO2)cc1. The van der Waals surface area contributed by atoms with Gasteiger partial charge in [-0.1, -0.05) is 56.9 Å². The number of hydrogen-bond donors (Lipinski definition) is 2. The van der Waals surface area contributed by atoms with E-state index in [-0.39, 0.29) is 12.6 Å². The Bertz CT molecular complexity index is 1090. The standard InChI is InChI=1S/C31H42N2O6/c1-6-7-8-9-10-19-37-25-17-15-24(16-18-25)28-32-27(21-38-28)23-13-11-22(12-14-23)20-26(29(34)36-5)33-30(35)39-31(2,3)4/h11-18,21,26,28,32H,6-10,19-20H2,1-5H3,(H,33,35). The van der Waals surface area contributed by atoms with Gasteiger partial charge in [-0.3, -0.25) is 0 Å². The first-order valence-electron chi connectivity index (χ1n) is 13.7. The molecule has 0 spiro atoms. The van der Waals surface area contributed by atoms with Gasteiger partial charge in [0.15, 0.2) is 6.23 Å². The van der Waals surface area contributed by atoms with Crippen LogP contribution in [0.5, 0.6) is 5.75 Å². The van der Waals surface area contributed by atoms with Gasteiger partial charge >= 0.3 is 12.1 Å². The number of methoxy groups -OCH3 is 1. The molecule has 2 atom stereocenters. The third-order valence-corrected chi connectivity index (χ3v) is 6.19. The predicted octanol–water partition coefficient (Wildman–Crippen LogP) is 6.26. The van der Waals surface area contributed by atoms with E-state index in [2.05, 4.69) is 17.6 Å². The lowest BCUT2D eigenvalue weighted by atomic mass is 10.0. The van der Waals surface area contributed by atoms with Crippen molar-refractivity contribution in [1.82, 2.24) is 10.6 Å². The average molecular weight is 539 g/mol. The highest BCUT2D eigenvalue weighted by atomic mass is 16.6. The minimum Gasteiger partial charge on any atom is -0.494 e. The van der Waals surface area contributed by atoms with Crippen LogP contribution in [-0.2, 0) is 25.4 Å². The summed E-state index contributed by atoms with van der Waals surface area (Å²) in [4.78, 5) is 24.4. The summed E-state index contributed by atoms with van der Waals surface area (Å²) in [5, 5.41) is 6.00. The number of amides is 1. The predicted molar refractivity (Wildman–Crippen MR) is 151 cm³/mol. The Balaban J connectivity index is 1.51. The van der Waals surface area contributed by atoms with Crippen LogP contribution >= 0.6 is 0 Å². The summed E-state index contributed by atoms with van der Waals surface area (Å²) in [6, 6.07) is 14.8. The first-order chi connectivity index (χ1) is 18.7. The molecule has 1 aliphatic rings. The Hall–Kier alpha value is -3.68. The monoisotopic (exact) mass is 538 g/mol. The molecular weight excluding hydrogens is 496 g/mol. The molecule has 2 aromatic carbocycles. The number of rotatable bonds is 13. The van der Waals surface area contributed by atoms with Gasteiger partial charge in [-0.05, 0) is 57.0 Å². The molecule has 0 fully saturated rings. The van der Waals surface area contributed by atoms with E-state index < -0.39 is 23.7 Å². The summed E-state index contributed by atoms with van der Waals surface area (Å²) in [5.41, 5.74) is 3.00. The van der Waals surface area contributed by atoms with Gasteiger partial charge in [-0.2, -0.15) is 0 Å². The third-order valence-electron chi connectivity index (χ3n) is 6.19. The normalized spacial score (nSPS) is 15.4. The smallest absolute Gasteiger partial charge is 0.408 e. The lowest BCUT2D eigenvalue weighted by molar-refractivity contribution is -0.143. The minimum absolute atomic E-state index is 0.269. The van der Waals surface area contributed by atoms with Crippen molar-refractivity contribution in [3.05, 3.63) is 71.5 Å². The molecule has 2 aromatic rings. The second-order valence-electron chi connectivity index (χ2n) is 10.6. The van der Waals surface area contributed by atoms with E-state index in [1.807, 2.05) is 48.5 Å². The fraction of sp³-hybridized carbons (Fsp3) is 0.484. The number of alkyl carbamates (subject to hydrolysis) is 1. The number of carbonyl (C=O) groups is 2. The largest absolute Gasteiger partial charge is 0.494 e. The molecule has 0 aliphatic carbocycles. The van der Waals surface area contributed by atoms with Crippen LogP contribution in [0.1, 0.15) is 82.7 Å². The summed E-state index contributed by atoms with van der Waals surface area (Å²) < 4.78 is 21.9. The zero-order valence-corrected chi connectivity index (χ0v) is 23.8. The van der Waals surface area contributed by atoms with Crippen LogP contribution in [0.3, 0.4) is 0 Å². The van der Waals surface area contributed by atoms with Crippen molar-refractivity contribution in [2.45, 2.75) is 84.1 Å². The second-order valence-corrected chi connectivity index (χ2v) is 10.6. The Morgan fingerprint density at radius 3 is 2.33 bits per heavy atom. The quantitative estimate of drug-likeness (QED) is 0.230. The van der Waals surface area contributed by atoms with Crippen LogP contribution in [0, 0.1) is 0 Å². The summed E-state index contributed by atoms with van der Waals surface area (Å²) in [6.45, 7) is 8.24. The molecule has 39 heavy (non-hydrogen) atoms. The number of hydrogen-bond acceptors (Lipinski definition) is 7. The van der Waals surface area contributed by atoms with E-state index in [1.165, 1.54) is 32.8 Å². The van der Waals surface area contributed by atoms with Crippen molar-refractivity contribution in [3.63, 3.8) is 0 Å². The molecular formula is C31H42N2O6. The molecule has 0 radical (unpaired) electrons. The van der Waals surface area contributed by atoms with Gasteiger partial charge in [-0.25, -0.2) is 9.59 Å².